The third kappa shape index (κ3) is 4.45. The van der Waals surface area contributed by atoms with Gasteiger partial charge in [-0.25, -0.2) is 4.79 Å². The van der Waals surface area contributed by atoms with E-state index in [1.165, 1.54) is 21.3 Å². The third-order valence-corrected chi connectivity index (χ3v) is 4.67. The Balaban J connectivity index is 1.65. The van der Waals surface area contributed by atoms with Crippen LogP contribution in [0.25, 0.3) is 0 Å². The molecule has 0 aliphatic carbocycles. The van der Waals surface area contributed by atoms with E-state index in [1.54, 1.807) is 42.5 Å². The Labute approximate surface area is 173 Å². The molecule has 0 unspecified atom stereocenters. The lowest BCUT2D eigenvalue weighted by Gasteiger charge is -2.15. The number of benzene rings is 2. The summed E-state index contributed by atoms with van der Waals surface area (Å²) in [4.78, 5) is 38.5. The van der Waals surface area contributed by atoms with Crippen LogP contribution in [0.1, 0.15) is 12.0 Å². The van der Waals surface area contributed by atoms with Crippen molar-refractivity contribution in [2.24, 2.45) is 0 Å². The lowest BCUT2D eigenvalue weighted by atomic mass is 10.1. The fraction of sp³-hybridized carbons (Fsp3) is 0.286. The van der Waals surface area contributed by atoms with Gasteiger partial charge in [-0.05, 0) is 29.8 Å². The molecule has 0 spiro atoms. The minimum Gasteiger partial charge on any atom is -0.495 e. The Morgan fingerprint density at radius 2 is 1.70 bits per heavy atom. The molecule has 0 saturated carbocycles. The van der Waals surface area contributed by atoms with Gasteiger partial charge in [0.2, 0.25) is 5.91 Å². The number of ether oxygens (including phenoxy) is 3. The maximum Gasteiger partial charge on any atom is 0.325 e. The lowest BCUT2D eigenvalue weighted by molar-refractivity contribution is -0.130. The molecule has 0 radical (unpaired) electrons. The maximum absolute atomic E-state index is 12.7. The number of nitrogens with one attached hydrogen (secondary N) is 2. The minimum atomic E-state index is -0.938. The second-order valence-electron chi connectivity index (χ2n) is 6.57. The average Bonchev–Trinajstić information content (AvgIpc) is 3.01. The van der Waals surface area contributed by atoms with E-state index in [2.05, 4.69) is 10.6 Å². The van der Waals surface area contributed by atoms with Crippen LogP contribution in [0.5, 0.6) is 17.2 Å². The van der Waals surface area contributed by atoms with Crippen molar-refractivity contribution in [1.82, 2.24) is 10.2 Å². The highest BCUT2D eigenvalue weighted by atomic mass is 16.5. The molecule has 9 heteroatoms. The lowest BCUT2D eigenvalue weighted by Crippen LogP contribution is -2.34. The summed E-state index contributed by atoms with van der Waals surface area (Å²) in [5, 5.41) is 5.26. The molecule has 1 fully saturated rings. The van der Waals surface area contributed by atoms with Crippen molar-refractivity contribution in [2.75, 3.05) is 26.6 Å². The van der Waals surface area contributed by atoms with Gasteiger partial charge < -0.3 is 24.8 Å². The van der Waals surface area contributed by atoms with Crippen molar-refractivity contribution in [2.45, 2.75) is 19.0 Å². The molecular formula is C21H23N3O6. The third-order valence-electron chi connectivity index (χ3n) is 4.67. The van der Waals surface area contributed by atoms with Gasteiger partial charge in [0.15, 0.2) is 11.5 Å². The van der Waals surface area contributed by atoms with Crippen LogP contribution in [0.4, 0.5) is 10.5 Å². The molecule has 2 N–H and O–H groups in total. The van der Waals surface area contributed by atoms with E-state index in [9.17, 15) is 14.4 Å². The van der Waals surface area contributed by atoms with Crippen LogP contribution in [0.3, 0.4) is 0 Å². The standard InChI is InChI=1S/C21H23N3O6/c1-28-16-7-5-4-6-14(16)22-19(25)11-15-20(26)24(21(27)23-15)12-13-8-9-17(29-2)18(10-13)30-3/h4-10,15H,11-12H2,1-3H3,(H,22,25)(H,23,27)/t15-/m0/s1. The Kier molecular flexibility index (Phi) is 6.41. The molecule has 0 aromatic heterocycles. The summed E-state index contributed by atoms with van der Waals surface area (Å²) >= 11 is 0. The van der Waals surface area contributed by atoms with Gasteiger partial charge in [0, 0.05) is 0 Å². The fourth-order valence-corrected chi connectivity index (χ4v) is 3.16. The molecule has 0 bridgehead atoms. The number of anilines is 1. The number of para-hydroxylation sites is 2. The number of hydrogen-bond donors (Lipinski definition) is 2. The monoisotopic (exact) mass is 413 g/mol. The molecule has 4 amide bonds. The zero-order valence-corrected chi connectivity index (χ0v) is 16.9. The Bertz CT molecular complexity index is 962. The van der Waals surface area contributed by atoms with Crippen LogP contribution < -0.4 is 24.8 Å². The van der Waals surface area contributed by atoms with E-state index >= 15 is 0 Å². The van der Waals surface area contributed by atoms with Gasteiger partial charge in [0.1, 0.15) is 11.8 Å². The first-order chi connectivity index (χ1) is 14.5. The van der Waals surface area contributed by atoms with Crippen LogP contribution in [-0.4, -0.2) is 50.1 Å². The van der Waals surface area contributed by atoms with Gasteiger partial charge in [-0.1, -0.05) is 18.2 Å². The quantitative estimate of drug-likeness (QED) is 0.643. The van der Waals surface area contributed by atoms with Gasteiger partial charge in [-0.3, -0.25) is 14.5 Å². The van der Waals surface area contributed by atoms with Gasteiger partial charge in [0.25, 0.3) is 5.91 Å². The normalized spacial score (nSPS) is 15.6. The molecular weight excluding hydrogens is 390 g/mol. The minimum absolute atomic E-state index is 0.0512. The van der Waals surface area contributed by atoms with Crippen molar-refractivity contribution >= 4 is 23.5 Å². The zero-order valence-electron chi connectivity index (χ0n) is 16.9. The largest absolute Gasteiger partial charge is 0.495 e. The van der Waals surface area contributed by atoms with Gasteiger partial charge >= 0.3 is 6.03 Å². The smallest absolute Gasteiger partial charge is 0.325 e. The highest BCUT2D eigenvalue weighted by Crippen LogP contribution is 2.29. The second-order valence-corrected chi connectivity index (χ2v) is 6.57. The molecule has 2 aromatic carbocycles. The zero-order chi connectivity index (χ0) is 21.7. The first-order valence-electron chi connectivity index (χ1n) is 9.22. The van der Waals surface area contributed by atoms with Crippen LogP contribution >= 0.6 is 0 Å². The van der Waals surface area contributed by atoms with E-state index < -0.39 is 23.9 Å². The molecule has 1 heterocycles. The predicted octanol–water partition coefficient (Wildman–Crippen LogP) is 2.16. The highest BCUT2D eigenvalue weighted by Gasteiger charge is 2.39. The van der Waals surface area contributed by atoms with Crippen molar-refractivity contribution in [1.29, 1.82) is 0 Å². The average molecular weight is 413 g/mol. The van der Waals surface area contributed by atoms with Crippen molar-refractivity contribution in [3.63, 3.8) is 0 Å². The molecule has 1 aliphatic rings. The van der Waals surface area contributed by atoms with E-state index in [4.69, 9.17) is 14.2 Å². The number of nitrogens with zero attached hydrogens (tertiary/aromatic N) is 1. The van der Waals surface area contributed by atoms with Gasteiger partial charge in [0.05, 0.1) is 40.0 Å². The van der Waals surface area contributed by atoms with Crippen molar-refractivity contribution < 1.29 is 28.6 Å². The summed E-state index contributed by atoms with van der Waals surface area (Å²) in [6.45, 7) is 0.0512. The first kappa shape index (κ1) is 21.0. The van der Waals surface area contributed by atoms with Crippen LogP contribution in [0.15, 0.2) is 42.5 Å². The van der Waals surface area contributed by atoms with Crippen LogP contribution in [0, 0.1) is 0 Å². The van der Waals surface area contributed by atoms with Crippen LogP contribution in [0.2, 0.25) is 0 Å². The summed E-state index contributed by atoms with van der Waals surface area (Å²) in [5.41, 5.74) is 1.18. The molecule has 158 valence electrons. The number of imide groups is 1. The summed E-state index contributed by atoms with van der Waals surface area (Å²) in [6.07, 6.45) is -0.189. The molecule has 30 heavy (non-hydrogen) atoms. The number of carbonyl (C=O) groups is 3. The van der Waals surface area contributed by atoms with Crippen molar-refractivity contribution in [3.8, 4) is 17.2 Å². The number of carbonyl (C=O) groups excluding carboxylic acids is 3. The first-order valence-corrected chi connectivity index (χ1v) is 9.22. The fourth-order valence-electron chi connectivity index (χ4n) is 3.16. The van der Waals surface area contributed by atoms with E-state index in [0.717, 1.165) is 4.90 Å². The number of hydrogen-bond acceptors (Lipinski definition) is 6. The molecule has 1 aliphatic heterocycles. The van der Waals surface area contributed by atoms with Gasteiger partial charge in [-0.2, -0.15) is 0 Å². The summed E-state index contributed by atoms with van der Waals surface area (Å²) in [5.74, 6) is 0.665. The summed E-state index contributed by atoms with van der Waals surface area (Å²) in [6, 6.07) is 10.6. The Hall–Kier alpha value is -3.75. The van der Waals surface area contributed by atoms with Gasteiger partial charge in [-0.15, -0.1) is 0 Å². The van der Waals surface area contributed by atoms with E-state index in [1.807, 2.05) is 0 Å². The number of rotatable bonds is 8. The highest BCUT2D eigenvalue weighted by molar-refractivity contribution is 6.07. The number of urea groups is 1. The summed E-state index contributed by atoms with van der Waals surface area (Å²) in [7, 11) is 4.53. The number of methoxy groups -OCH3 is 3. The Morgan fingerprint density at radius 3 is 2.40 bits per heavy atom. The maximum atomic E-state index is 12.7. The molecule has 2 aromatic rings. The second kappa shape index (κ2) is 9.17. The molecule has 3 rings (SSSR count). The topological polar surface area (TPSA) is 106 Å². The Morgan fingerprint density at radius 1 is 1.00 bits per heavy atom. The van der Waals surface area contributed by atoms with Crippen molar-refractivity contribution in [3.05, 3.63) is 48.0 Å². The van der Waals surface area contributed by atoms with E-state index in [-0.39, 0.29) is 13.0 Å². The molecule has 9 nitrogen and oxygen atoms in total. The van der Waals surface area contributed by atoms with E-state index in [0.29, 0.717) is 28.5 Å². The molecule has 1 saturated heterocycles. The molecule has 1 atom stereocenters. The van der Waals surface area contributed by atoms with Crippen LogP contribution in [-0.2, 0) is 16.1 Å². The summed E-state index contributed by atoms with van der Waals surface area (Å²) < 4.78 is 15.6. The number of amides is 4. The predicted molar refractivity (Wildman–Crippen MR) is 109 cm³/mol. The SMILES string of the molecule is COc1ccccc1NC(=O)C[C@@H]1NC(=O)N(Cc2ccc(OC)c(OC)c2)C1=O.